The molecule has 0 atom stereocenters. The minimum atomic E-state index is 0.0440. The molecule has 2 heterocycles. The van der Waals surface area contributed by atoms with Gasteiger partial charge in [-0.15, -0.1) is 10.2 Å². The lowest BCUT2D eigenvalue weighted by molar-refractivity contribution is 0.102. The monoisotopic (exact) mass is 387 g/mol. The van der Waals surface area contributed by atoms with E-state index in [2.05, 4.69) is 10.2 Å². The Labute approximate surface area is 160 Å². The van der Waals surface area contributed by atoms with Gasteiger partial charge in [-0.25, -0.2) is 0 Å². The van der Waals surface area contributed by atoms with E-state index >= 15 is 0 Å². The summed E-state index contributed by atoms with van der Waals surface area (Å²) in [4.78, 5) is 12.7. The van der Waals surface area contributed by atoms with Crippen LogP contribution in [0.4, 0.5) is 0 Å². The topological polar surface area (TPSA) is 60.9 Å². The maximum absolute atomic E-state index is 12.7. The molecule has 26 heavy (non-hydrogen) atoms. The van der Waals surface area contributed by atoms with Crippen LogP contribution in [0.25, 0.3) is 5.69 Å². The van der Waals surface area contributed by atoms with Crippen molar-refractivity contribution in [3.8, 4) is 5.69 Å². The summed E-state index contributed by atoms with van der Waals surface area (Å²) in [7, 11) is 0. The third-order valence-corrected chi connectivity index (χ3v) is 5.53. The lowest BCUT2D eigenvalue weighted by Crippen LogP contribution is -2.05. The van der Waals surface area contributed by atoms with E-state index in [0.29, 0.717) is 27.6 Å². The van der Waals surface area contributed by atoms with Gasteiger partial charge >= 0.3 is 0 Å². The van der Waals surface area contributed by atoms with Gasteiger partial charge in [-0.05, 0) is 51.0 Å². The van der Waals surface area contributed by atoms with Gasteiger partial charge in [0.05, 0.1) is 5.75 Å². The first-order valence-electron chi connectivity index (χ1n) is 8.47. The zero-order valence-corrected chi connectivity index (χ0v) is 16.1. The van der Waals surface area contributed by atoms with Gasteiger partial charge in [-0.2, -0.15) is 0 Å². The average Bonchev–Trinajstić information content (AvgIpc) is 3.28. The number of aromatic nitrogens is 3. The Balaban J connectivity index is 1.51. The van der Waals surface area contributed by atoms with Crippen molar-refractivity contribution in [3.63, 3.8) is 0 Å². The van der Waals surface area contributed by atoms with Crippen LogP contribution in [-0.4, -0.2) is 26.3 Å². The summed E-state index contributed by atoms with van der Waals surface area (Å²) >= 11 is 7.40. The molecule has 1 saturated carbocycles. The second kappa shape index (κ2) is 6.93. The van der Waals surface area contributed by atoms with E-state index in [1.807, 2.05) is 48.7 Å². The molecule has 0 amide bonds. The van der Waals surface area contributed by atoms with Gasteiger partial charge in [0, 0.05) is 33.6 Å². The lowest BCUT2D eigenvalue weighted by Gasteiger charge is -2.10. The molecule has 0 unspecified atom stereocenters. The number of hydrogen-bond acceptors (Lipinski definition) is 5. The van der Waals surface area contributed by atoms with Crippen LogP contribution < -0.4 is 0 Å². The normalized spacial score (nSPS) is 14.0. The molecule has 1 aliphatic rings. The zero-order valence-electron chi connectivity index (χ0n) is 14.5. The van der Waals surface area contributed by atoms with Crippen LogP contribution in [0.5, 0.6) is 0 Å². The van der Waals surface area contributed by atoms with E-state index in [0.717, 1.165) is 29.9 Å². The zero-order chi connectivity index (χ0) is 18.3. The first-order valence-corrected chi connectivity index (χ1v) is 9.83. The Morgan fingerprint density at radius 1 is 1.31 bits per heavy atom. The number of hydrogen-bond donors (Lipinski definition) is 0. The number of halogens is 1. The number of rotatable bonds is 6. The second-order valence-electron chi connectivity index (χ2n) is 6.49. The molecular formula is C19H18ClN3O2S. The highest BCUT2D eigenvalue weighted by molar-refractivity contribution is 7.99. The third-order valence-electron chi connectivity index (χ3n) is 4.47. The SMILES string of the molecule is Cc1cc(C(=O)CSc2nnc(C3CC3)o2)c(C)n1-c1cccc(Cl)c1. The molecule has 0 saturated heterocycles. The highest BCUT2D eigenvalue weighted by Gasteiger charge is 2.29. The van der Waals surface area contributed by atoms with E-state index in [4.69, 9.17) is 16.0 Å². The van der Waals surface area contributed by atoms with Gasteiger partial charge in [0.25, 0.3) is 5.22 Å². The summed E-state index contributed by atoms with van der Waals surface area (Å²) in [5.41, 5.74) is 3.55. The maximum Gasteiger partial charge on any atom is 0.277 e. The third kappa shape index (κ3) is 3.44. The molecule has 0 radical (unpaired) electrons. The summed E-state index contributed by atoms with van der Waals surface area (Å²) in [5.74, 6) is 1.43. The van der Waals surface area contributed by atoms with E-state index in [9.17, 15) is 4.79 Å². The van der Waals surface area contributed by atoms with Crippen LogP contribution in [0.1, 0.15) is 46.4 Å². The predicted octanol–water partition coefficient (Wildman–Crippen LogP) is 4.98. The van der Waals surface area contributed by atoms with Crippen LogP contribution in [0.3, 0.4) is 0 Å². The predicted molar refractivity (Wildman–Crippen MR) is 102 cm³/mol. The van der Waals surface area contributed by atoms with Gasteiger partial charge in [-0.3, -0.25) is 4.79 Å². The number of ketones is 1. The van der Waals surface area contributed by atoms with Crippen molar-refractivity contribution in [1.82, 2.24) is 14.8 Å². The molecule has 3 aromatic rings. The average molecular weight is 388 g/mol. The summed E-state index contributed by atoms with van der Waals surface area (Å²) < 4.78 is 7.65. The van der Waals surface area contributed by atoms with Crippen molar-refractivity contribution < 1.29 is 9.21 Å². The molecule has 0 spiro atoms. The van der Waals surface area contributed by atoms with Crippen LogP contribution in [0.15, 0.2) is 40.0 Å². The molecule has 1 fully saturated rings. The number of Topliss-reactive ketones (excluding diaryl/α,β-unsaturated/α-hetero) is 1. The minimum absolute atomic E-state index is 0.0440. The molecule has 134 valence electrons. The van der Waals surface area contributed by atoms with Crippen LogP contribution >= 0.6 is 23.4 Å². The number of thioether (sulfide) groups is 1. The molecule has 1 aromatic carbocycles. The molecule has 4 rings (SSSR count). The van der Waals surface area contributed by atoms with Crippen LogP contribution in [0.2, 0.25) is 5.02 Å². The van der Waals surface area contributed by atoms with Crippen molar-refractivity contribution >= 4 is 29.1 Å². The molecule has 5 nitrogen and oxygen atoms in total. The fraction of sp³-hybridized carbons (Fsp3) is 0.316. The van der Waals surface area contributed by atoms with E-state index in [1.165, 1.54) is 11.8 Å². The molecular weight excluding hydrogens is 370 g/mol. The van der Waals surface area contributed by atoms with Gasteiger partial charge < -0.3 is 8.98 Å². The summed E-state index contributed by atoms with van der Waals surface area (Å²) in [6.07, 6.45) is 2.22. The van der Waals surface area contributed by atoms with E-state index in [-0.39, 0.29) is 11.5 Å². The maximum atomic E-state index is 12.7. The van der Waals surface area contributed by atoms with E-state index in [1.54, 1.807) is 0 Å². The Morgan fingerprint density at radius 3 is 2.85 bits per heavy atom. The van der Waals surface area contributed by atoms with Gasteiger partial charge in [0.15, 0.2) is 5.78 Å². The minimum Gasteiger partial charge on any atom is -0.416 e. The molecule has 1 aliphatic carbocycles. The van der Waals surface area contributed by atoms with Crippen LogP contribution in [-0.2, 0) is 0 Å². The number of aryl methyl sites for hydroxylation is 1. The second-order valence-corrected chi connectivity index (χ2v) is 7.86. The van der Waals surface area contributed by atoms with Gasteiger partial charge in [0.1, 0.15) is 0 Å². The Bertz CT molecular complexity index is 975. The van der Waals surface area contributed by atoms with Crippen molar-refractivity contribution in [2.24, 2.45) is 0 Å². The van der Waals surface area contributed by atoms with Crippen molar-refractivity contribution in [1.29, 1.82) is 0 Å². The molecule has 0 bridgehead atoms. The summed E-state index contributed by atoms with van der Waals surface area (Å²) in [6, 6.07) is 9.53. The van der Waals surface area contributed by atoms with E-state index < -0.39 is 0 Å². The fourth-order valence-electron chi connectivity index (χ4n) is 3.04. The standard InChI is InChI=1S/C19H18ClN3O2S/c1-11-8-16(12(2)23(11)15-5-3-4-14(20)9-15)17(24)10-26-19-22-21-18(25-19)13-6-7-13/h3-5,8-9,13H,6-7,10H2,1-2H3. The first-order chi connectivity index (χ1) is 12.5. The Morgan fingerprint density at radius 2 is 2.12 bits per heavy atom. The number of nitrogens with zero attached hydrogens (tertiary/aromatic N) is 3. The van der Waals surface area contributed by atoms with Crippen LogP contribution in [0, 0.1) is 13.8 Å². The number of benzene rings is 1. The molecule has 0 N–H and O–H groups in total. The number of carbonyl (C=O) groups is 1. The van der Waals surface area contributed by atoms with Gasteiger partial charge in [0.2, 0.25) is 5.89 Å². The Kier molecular flexibility index (Phi) is 4.63. The first kappa shape index (κ1) is 17.4. The highest BCUT2D eigenvalue weighted by atomic mass is 35.5. The fourth-order valence-corrected chi connectivity index (χ4v) is 3.87. The smallest absolute Gasteiger partial charge is 0.277 e. The molecule has 0 aliphatic heterocycles. The summed E-state index contributed by atoms with van der Waals surface area (Å²) in [5, 5.41) is 9.20. The van der Waals surface area contributed by atoms with Crippen molar-refractivity contribution in [3.05, 3.63) is 58.2 Å². The quantitative estimate of drug-likeness (QED) is 0.440. The molecule has 2 aromatic heterocycles. The number of carbonyl (C=O) groups excluding carboxylic acids is 1. The highest BCUT2D eigenvalue weighted by Crippen LogP contribution is 2.39. The Hall–Kier alpha value is -2.05. The summed E-state index contributed by atoms with van der Waals surface area (Å²) in [6.45, 7) is 3.93. The van der Waals surface area contributed by atoms with Gasteiger partial charge in [-0.1, -0.05) is 29.4 Å². The van der Waals surface area contributed by atoms with Crippen molar-refractivity contribution in [2.75, 3.05) is 5.75 Å². The molecule has 7 heteroatoms. The largest absolute Gasteiger partial charge is 0.416 e. The van der Waals surface area contributed by atoms with Crippen molar-refractivity contribution in [2.45, 2.75) is 37.8 Å². The lowest BCUT2D eigenvalue weighted by atomic mass is 10.2.